The molecule has 1 aliphatic heterocycles. The van der Waals surface area contributed by atoms with Crippen molar-refractivity contribution in [2.24, 2.45) is 5.92 Å². The van der Waals surface area contributed by atoms with E-state index >= 15 is 0 Å². The van der Waals surface area contributed by atoms with Crippen molar-refractivity contribution in [3.05, 3.63) is 39.0 Å². The molecule has 1 atom stereocenters. The first-order valence-electron chi connectivity index (χ1n) is 9.87. The number of ether oxygens (including phenoxy) is 2. The Balaban J connectivity index is 2.48. The van der Waals surface area contributed by atoms with E-state index in [9.17, 15) is 9.59 Å². The summed E-state index contributed by atoms with van der Waals surface area (Å²) in [5.41, 5.74) is 1.51. The number of carbonyl (C=O) groups is 2. The minimum absolute atomic E-state index is 0.230. The van der Waals surface area contributed by atoms with Gasteiger partial charge in [-0.2, -0.15) is 0 Å². The topological polar surface area (TPSA) is 76.7 Å². The lowest BCUT2D eigenvalue weighted by molar-refractivity contribution is -0.139. The summed E-state index contributed by atoms with van der Waals surface area (Å²) in [5.74, 6) is 0.215. The molecular weight excluding hydrogens is 415 g/mol. The molecule has 1 aromatic rings. The number of urea groups is 1. The van der Waals surface area contributed by atoms with Crippen LogP contribution < -0.4 is 15.4 Å². The molecular formula is C21H28Cl2N2O4. The molecule has 0 saturated heterocycles. The van der Waals surface area contributed by atoms with Gasteiger partial charge in [-0.05, 0) is 43.4 Å². The van der Waals surface area contributed by atoms with Crippen molar-refractivity contribution in [1.29, 1.82) is 0 Å². The molecule has 160 valence electrons. The maximum Gasteiger partial charge on any atom is 0.338 e. The minimum atomic E-state index is -0.719. The summed E-state index contributed by atoms with van der Waals surface area (Å²) in [5, 5.41) is 6.18. The number of hydrogen-bond acceptors (Lipinski definition) is 4. The van der Waals surface area contributed by atoms with E-state index in [1.807, 2.05) is 20.8 Å². The minimum Gasteiger partial charge on any atom is -0.490 e. The first-order valence-corrected chi connectivity index (χ1v) is 10.6. The second-order valence-corrected chi connectivity index (χ2v) is 8.08. The Morgan fingerprint density at radius 1 is 1.21 bits per heavy atom. The van der Waals surface area contributed by atoms with Gasteiger partial charge in [0.25, 0.3) is 0 Å². The van der Waals surface area contributed by atoms with Gasteiger partial charge in [0.15, 0.2) is 5.75 Å². The average Bonchev–Trinajstić information content (AvgIpc) is 2.64. The van der Waals surface area contributed by atoms with Crippen molar-refractivity contribution < 1.29 is 19.1 Å². The van der Waals surface area contributed by atoms with Gasteiger partial charge in [-0.15, -0.1) is 0 Å². The highest BCUT2D eigenvalue weighted by Crippen LogP contribution is 2.39. The van der Waals surface area contributed by atoms with Gasteiger partial charge in [0.1, 0.15) is 0 Å². The molecule has 8 heteroatoms. The molecule has 0 radical (unpaired) electrons. The maximum absolute atomic E-state index is 12.7. The number of unbranched alkanes of at least 4 members (excludes halogenated alkanes) is 1. The highest BCUT2D eigenvalue weighted by atomic mass is 35.5. The molecule has 0 saturated carbocycles. The Labute approximate surface area is 181 Å². The van der Waals surface area contributed by atoms with Crippen molar-refractivity contribution in [1.82, 2.24) is 10.6 Å². The third-order valence-corrected chi connectivity index (χ3v) is 4.91. The number of benzene rings is 1. The zero-order valence-electron chi connectivity index (χ0n) is 17.2. The number of carbonyl (C=O) groups excluding carboxylic acids is 2. The highest BCUT2D eigenvalue weighted by molar-refractivity contribution is 6.37. The van der Waals surface area contributed by atoms with Crippen molar-refractivity contribution in [3.8, 4) is 5.75 Å². The molecule has 0 bridgehead atoms. The van der Waals surface area contributed by atoms with Gasteiger partial charge in [0.2, 0.25) is 0 Å². The van der Waals surface area contributed by atoms with Gasteiger partial charge >= 0.3 is 12.0 Å². The largest absolute Gasteiger partial charge is 0.490 e. The zero-order chi connectivity index (χ0) is 21.6. The Kier molecular flexibility index (Phi) is 8.65. The third kappa shape index (κ3) is 6.03. The average molecular weight is 443 g/mol. The number of rotatable bonds is 9. The van der Waals surface area contributed by atoms with E-state index in [2.05, 4.69) is 10.6 Å². The lowest BCUT2D eigenvalue weighted by Gasteiger charge is -2.30. The summed E-state index contributed by atoms with van der Waals surface area (Å²) in [7, 11) is 0. The van der Waals surface area contributed by atoms with Crippen LogP contribution in [0.25, 0.3) is 0 Å². The predicted octanol–water partition coefficient (Wildman–Crippen LogP) is 5.39. The fourth-order valence-electron chi connectivity index (χ4n) is 3.00. The second kappa shape index (κ2) is 10.7. The first kappa shape index (κ1) is 23.4. The van der Waals surface area contributed by atoms with E-state index in [4.69, 9.17) is 32.7 Å². The Morgan fingerprint density at radius 3 is 2.41 bits per heavy atom. The Hall–Kier alpha value is -1.92. The molecule has 29 heavy (non-hydrogen) atoms. The highest BCUT2D eigenvalue weighted by Gasteiger charge is 2.34. The van der Waals surface area contributed by atoms with E-state index in [0.29, 0.717) is 51.6 Å². The van der Waals surface area contributed by atoms with Gasteiger partial charge < -0.3 is 20.1 Å². The van der Waals surface area contributed by atoms with Gasteiger partial charge in [0.05, 0.1) is 34.9 Å². The standard InChI is InChI=1S/C21H28Cl2N2O4/c1-5-7-8-16-17(20(26)28-6-2)18(25-21(27)24-16)13-9-14(22)19(15(23)10-13)29-11-12(3)4/h9-10,12,18H,5-8,11H2,1-4H3,(H2,24,25,27). The van der Waals surface area contributed by atoms with Crippen LogP contribution in [0, 0.1) is 5.92 Å². The zero-order valence-corrected chi connectivity index (χ0v) is 18.7. The Morgan fingerprint density at radius 2 is 1.86 bits per heavy atom. The molecule has 1 unspecified atom stereocenters. The summed E-state index contributed by atoms with van der Waals surface area (Å²) in [6, 6.07) is 2.22. The summed E-state index contributed by atoms with van der Waals surface area (Å²) in [4.78, 5) is 25.0. The molecule has 0 fully saturated rings. The smallest absolute Gasteiger partial charge is 0.338 e. The molecule has 2 rings (SSSR count). The fourth-order valence-corrected chi connectivity index (χ4v) is 3.62. The van der Waals surface area contributed by atoms with Gasteiger partial charge in [-0.1, -0.05) is 50.4 Å². The molecule has 2 amide bonds. The number of allylic oxidation sites excluding steroid dienone is 1. The quantitative estimate of drug-likeness (QED) is 0.502. The van der Waals surface area contributed by atoms with Crippen molar-refractivity contribution in [3.63, 3.8) is 0 Å². The van der Waals surface area contributed by atoms with Gasteiger partial charge in [0, 0.05) is 5.70 Å². The number of nitrogens with one attached hydrogen (secondary N) is 2. The molecule has 1 aliphatic rings. The predicted molar refractivity (Wildman–Crippen MR) is 114 cm³/mol. The van der Waals surface area contributed by atoms with Gasteiger partial charge in [-0.3, -0.25) is 0 Å². The number of halogens is 2. The number of esters is 1. The molecule has 2 N–H and O–H groups in total. The molecule has 1 heterocycles. The van der Waals surface area contributed by atoms with Crippen LogP contribution in [0.2, 0.25) is 10.0 Å². The number of hydrogen-bond donors (Lipinski definition) is 2. The lowest BCUT2D eigenvalue weighted by atomic mass is 9.93. The first-order chi connectivity index (χ1) is 13.8. The summed E-state index contributed by atoms with van der Waals surface area (Å²) in [6.07, 6.45) is 2.31. The normalized spacial score (nSPS) is 16.5. The van der Waals surface area contributed by atoms with E-state index < -0.39 is 12.0 Å². The van der Waals surface area contributed by atoms with Gasteiger partial charge in [-0.25, -0.2) is 9.59 Å². The van der Waals surface area contributed by atoms with E-state index in [0.717, 1.165) is 12.8 Å². The van der Waals surface area contributed by atoms with Crippen molar-refractivity contribution in [2.75, 3.05) is 13.2 Å². The third-order valence-electron chi connectivity index (χ3n) is 4.34. The van der Waals surface area contributed by atoms with Crippen LogP contribution in [0.1, 0.15) is 58.6 Å². The molecule has 6 nitrogen and oxygen atoms in total. The molecule has 0 spiro atoms. The molecule has 0 aliphatic carbocycles. The van der Waals surface area contributed by atoms with Crippen LogP contribution in [-0.4, -0.2) is 25.2 Å². The van der Waals surface area contributed by atoms with Crippen molar-refractivity contribution in [2.45, 2.75) is 53.0 Å². The van der Waals surface area contributed by atoms with Crippen LogP contribution in [0.3, 0.4) is 0 Å². The summed E-state index contributed by atoms with van der Waals surface area (Å²) in [6.45, 7) is 8.53. The van der Waals surface area contributed by atoms with Crippen LogP contribution >= 0.6 is 23.2 Å². The fraction of sp³-hybridized carbons (Fsp3) is 0.524. The Bertz CT molecular complexity index is 770. The SMILES string of the molecule is CCCCC1=C(C(=O)OCC)C(c2cc(Cl)c(OCC(C)C)c(Cl)c2)NC(=O)N1. The van der Waals surface area contributed by atoms with Crippen LogP contribution in [0.15, 0.2) is 23.4 Å². The van der Waals surface area contributed by atoms with Crippen molar-refractivity contribution >= 4 is 35.2 Å². The van der Waals surface area contributed by atoms with E-state index in [-0.39, 0.29) is 12.6 Å². The summed E-state index contributed by atoms with van der Waals surface area (Å²) < 4.78 is 11.0. The van der Waals surface area contributed by atoms with Crippen LogP contribution in [0.4, 0.5) is 4.79 Å². The second-order valence-electron chi connectivity index (χ2n) is 7.27. The van der Waals surface area contributed by atoms with E-state index in [1.165, 1.54) is 0 Å². The maximum atomic E-state index is 12.7. The molecule has 0 aromatic heterocycles. The molecule has 1 aromatic carbocycles. The lowest BCUT2D eigenvalue weighted by Crippen LogP contribution is -2.46. The van der Waals surface area contributed by atoms with E-state index in [1.54, 1.807) is 19.1 Å². The van der Waals surface area contributed by atoms with Crippen LogP contribution in [0.5, 0.6) is 5.75 Å². The summed E-state index contributed by atoms with van der Waals surface area (Å²) >= 11 is 12.8. The number of amides is 2. The van der Waals surface area contributed by atoms with Crippen LogP contribution in [-0.2, 0) is 9.53 Å². The monoisotopic (exact) mass is 442 g/mol.